The van der Waals surface area contributed by atoms with E-state index in [1.807, 2.05) is 24.3 Å². The molecule has 0 aliphatic heterocycles. The maximum Gasteiger partial charge on any atom is 0.146 e. The molecule has 11 heavy (non-hydrogen) atoms. The predicted molar refractivity (Wildman–Crippen MR) is 50.1 cm³/mol. The van der Waals surface area contributed by atoms with Crippen molar-refractivity contribution in [3.63, 3.8) is 0 Å². The van der Waals surface area contributed by atoms with Crippen LogP contribution >= 0.6 is 0 Å². The lowest BCUT2D eigenvalue weighted by Crippen LogP contribution is -1.91. The fourth-order valence-corrected chi connectivity index (χ4v) is 1.23. The van der Waals surface area contributed by atoms with Crippen molar-refractivity contribution in [1.29, 1.82) is 0 Å². The molecule has 0 spiro atoms. The second-order valence-electron chi connectivity index (χ2n) is 2.24. The SMILES string of the molecule is C=Cc1ccc[c]c1CO[SiH3]. The second-order valence-corrected chi connectivity index (χ2v) is 2.82. The lowest BCUT2D eigenvalue weighted by molar-refractivity contribution is 0.338. The first kappa shape index (κ1) is 8.24. The Bertz CT molecular complexity index is 245. The van der Waals surface area contributed by atoms with Crippen LogP contribution in [0, 0.1) is 6.07 Å². The van der Waals surface area contributed by atoms with Crippen molar-refractivity contribution in [2.45, 2.75) is 6.61 Å². The number of rotatable bonds is 3. The first-order chi connectivity index (χ1) is 5.38. The van der Waals surface area contributed by atoms with Crippen LogP contribution in [0.4, 0.5) is 0 Å². The third-order valence-electron chi connectivity index (χ3n) is 1.49. The molecule has 0 saturated carbocycles. The third-order valence-corrected chi connectivity index (χ3v) is 1.78. The van der Waals surface area contributed by atoms with Gasteiger partial charge in [0, 0.05) is 0 Å². The Morgan fingerprint density at radius 3 is 3.18 bits per heavy atom. The molecule has 0 fully saturated rings. The van der Waals surface area contributed by atoms with E-state index in [-0.39, 0.29) is 0 Å². The van der Waals surface area contributed by atoms with Gasteiger partial charge in [-0.3, -0.25) is 0 Å². The molecule has 0 unspecified atom stereocenters. The predicted octanol–water partition coefficient (Wildman–Crippen LogP) is 0.927. The number of hydrogen-bond acceptors (Lipinski definition) is 1. The molecule has 0 aliphatic carbocycles. The van der Waals surface area contributed by atoms with E-state index in [1.165, 1.54) is 0 Å². The van der Waals surface area contributed by atoms with Crippen molar-refractivity contribution in [2.75, 3.05) is 0 Å². The van der Waals surface area contributed by atoms with Crippen molar-refractivity contribution in [3.05, 3.63) is 42.0 Å². The maximum atomic E-state index is 5.13. The largest absolute Gasteiger partial charge is 0.424 e. The molecule has 0 N–H and O–H groups in total. The van der Waals surface area contributed by atoms with Crippen LogP contribution in [-0.2, 0) is 11.0 Å². The lowest BCUT2D eigenvalue weighted by atomic mass is 10.1. The van der Waals surface area contributed by atoms with Crippen LogP contribution in [0.1, 0.15) is 11.1 Å². The third kappa shape index (κ3) is 2.03. The lowest BCUT2D eigenvalue weighted by Gasteiger charge is -2.02. The number of benzene rings is 1. The minimum Gasteiger partial charge on any atom is -0.424 e. The summed E-state index contributed by atoms with van der Waals surface area (Å²) < 4.78 is 5.13. The molecule has 0 bridgehead atoms. The summed E-state index contributed by atoms with van der Waals surface area (Å²) in [5.41, 5.74) is 2.21. The van der Waals surface area contributed by atoms with Crippen LogP contribution in [-0.4, -0.2) is 10.5 Å². The van der Waals surface area contributed by atoms with Crippen LogP contribution < -0.4 is 0 Å². The zero-order valence-electron chi connectivity index (χ0n) is 6.63. The Kier molecular flexibility index (Phi) is 3.07. The van der Waals surface area contributed by atoms with Crippen molar-refractivity contribution in [1.82, 2.24) is 0 Å². The van der Waals surface area contributed by atoms with E-state index in [0.717, 1.165) is 21.6 Å². The summed E-state index contributed by atoms with van der Waals surface area (Å²) in [7, 11) is 0.770. The van der Waals surface area contributed by atoms with Crippen LogP contribution in [0.2, 0.25) is 0 Å². The summed E-state index contributed by atoms with van der Waals surface area (Å²) in [5.74, 6) is 0. The molecule has 2 heteroatoms. The summed E-state index contributed by atoms with van der Waals surface area (Å²) in [5, 5.41) is 0. The highest BCUT2D eigenvalue weighted by molar-refractivity contribution is 5.97. The van der Waals surface area contributed by atoms with Gasteiger partial charge in [-0.1, -0.05) is 30.9 Å². The topological polar surface area (TPSA) is 9.23 Å². The van der Waals surface area contributed by atoms with E-state index in [9.17, 15) is 0 Å². The highest BCUT2D eigenvalue weighted by Crippen LogP contribution is 2.09. The average Bonchev–Trinajstić information content (AvgIpc) is 2.06. The first-order valence-electron chi connectivity index (χ1n) is 3.49. The van der Waals surface area contributed by atoms with E-state index in [2.05, 4.69) is 12.6 Å². The van der Waals surface area contributed by atoms with Crippen molar-refractivity contribution in [2.24, 2.45) is 0 Å². The van der Waals surface area contributed by atoms with E-state index in [1.54, 1.807) is 0 Å². The Hall–Kier alpha value is -0.863. The Morgan fingerprint density at radius 2 is 2.55 bits per heavy atom. The van der Waals surface area contributed by atoms with Gasteiger partial charge in [0.15, 0.2) is 0 Å². The summed E-state index contributed by atoms with van der Waals surface area (Å²) in [6.45, 7) is 4.37. The fraction of sp³-hybridized carbons (Fsp3) is 0.111. The van der Waals surface area contributed by atoms with Crippen LogP contribution in [0.15, 0.2) is 24.8 Å². The van der Waals surface area contributed by atoms with Gasteiger partial charge in [-0.15, -0.1) is 0 Å². The van der Waals surface area contributed by atoms with Crippen molar-refractivity contribution < 1.29 is 4.43 Å². The van der Waals surface area contributed by atoms with Crippen LogP contribution in [0.3, 0.4) is 0 Å². The number of hydrogen-bond donors (Lipinski definition) is 0. The molecule has 1 aromatic carbocycles. The molecule has 0 aliphatic rings. The molecule has 0 saturated heterocycles. The second kappa shape index (κ2) is 4.11. The molecule has 1 nitrogen and oxygen atoms in total. The van der Waals surface area contributed by atoms with Crippen molar-refractivity contribution in [3.8, 4) is 0 Å². The monoisotopic (exact) mass is 163 g/mol. The Balaban J connectivity index is 2.92. The fourth-order valence-electron chi connectivity index (χ4n) is 0.945. The molecule has 0 heterocycles. The van der Waals surface area contributed by atoms with Gasteiger partial charge < -0.3 is 4.43 Å². The molecule has 0 amide bonds. The van der Waals surface area contributed by atoms with Gasteiger partial charge >= 0.3 is 0 Å². The van der Waals surface area contributed by atoms with Crippen LogP contribution in [0.25, 0.3) is 6.08 Å². The first-order valence-corrected chi connectivity index (χ1v) is 4.31. The molecule has 1 aromatic rings. The summed E-state index contributed by atoms with van der Waals surface area (Å²) in [6, 6.07) is 8.97. The van der Waals surface area contributed by atoms with Gasteiger partial charge in [0.25, 0.3) is 0 Å². The van der Waals surface area contributed by atoms with Gasteiger partial charge in [0.1, 0.15) is 10.5 Å². The van der Waals surface area contributed by atoms with E-state index >= 15 is 0 Å². The maximum absolute atomic E-state index is 5.13. The Morgan fingerprint density at radius 1 is 1.73 bits per heavy atom. The zero-order valence-corrected chi connectivity index (χ0v) is 8.63. The highest BCUT2D eigenvalue weighted by atomic mass is 28.2. The van der Waals surface area contributed by atoms with Crippen LogP contribution in [0.5, 0.6) is 0 Å². The van der Waals surface area contributed by atoms with Gasteiger partial charge in [-0.2, -0.15) is 0 Å². The standard InChI is InChI=1S/C9H11OSi/c1-2-8-5-3-4-6-9(8)7-10-11/h2-5H,1,7H2,11H3. The summed E-state index contributed by atoms with van der Waals surface area (Å²) in [4.78, 5) is 0. The molecule has 0 aromatic heterocycles. The quantitative estimate of drug-likeness (QED) is 0.602. The molecule has 1 radical (unpaired) electrons. The normalized spacial score (nSPS) is 9.82. The van der Waals surface area contributed by atoms with Crippen molar-refractivity contribution >= 4 is 16.6 Å². The van der Waals surface area contributed by atoms with E-state index in [0.29, 0.717) is 6.61 Å². The molecular formula is C9H11OSi. The van der Waals surface area contributed by atoms with Gasteiger partial charge in [0.05, 0.1) is 6.61 Å². The van der Waals surface area contributed by atoms with Gasteiger partial charge in [-0.25, -0.2) is 0 Å². The van der Waals surface area contributed by atoms with Gasteiger partial charge in [-0.05, 0) is 17.2 Å². The molecule has 1 rings (SSSR count). The molecule has 0 atom stereocenters. The minimum atomic E-state index is 0.661. The minimum absolute atomic E-state index is 0.661. The van der Waals surface area contributed by atoms with E-state index < -0.39 is 0 Å². The van der Waals surface area contributed by atoms with E-state index in [4.69, 9.17) is 4.43 Å². The highest BCUT2D eigenvalue weighted by Gasteiger charge is 1.95. The zero-order chi connectivity index (χ0) is 8.10. The summed E-state index contributed by atoms with van der Waals surface area (Å²) in [6.07, 6.45) is 1.83. The smallest absolute Gasteiger partial charge is 0.146 e. The average molecular weight is 163 g/mol. The molecule has 57 valence electrons. The molecular weight excluding hydrogens is 152 g/mol. The summed E-state index contributed by atoms with van der Waals surface area (Å²) >= 11 is 0. The Labute approximate surface area is 70.2 Å². The van der Waals surface area contributed by atoms with Gasteiger partial charge in [0.2, 0.25) is 0 Å².